The number of rotatable bonds is 4. The van der Waals surface area contributed by atoms with Gasteiger partial charge in [0.05, 0.1) is 6.61 Å². The molecule has 0 aromatic carbocycles. The zero-order valence-electron chi connectivity index (χ0n) is 11.8. The van der Waals surface area contributed by atoms with Gasteiger partial charge in [0.1, 0.15) is 0 Å². The fourth-order valence-electron chi connectivity index (χ4n) is 2.26. The van der Waals surface area contributed by atoms with Crippen LogP contribution in [0.15, 0.2) is 0 Å². The quantitative estimate of drug-likeness (QED) is 0.844. The van der Waals surface area contributed by atoms with E-state index in [1.807, 2.05) is 14.0 Å². The Balaban J connectivity index is 2.11. The second-order valence-corrected chi connectivity index (χ2v) is 4.85. The average molecular weight is 266 g/mol. The first-order valence-corrected chi connectivity index (χ1v) is 6.66. The molecular formula is C12H22N6O. The molecule has 7 nitrogen and oxygen atoms in total. The largest absolute Gasteiger partial charge is 0.464 e. The number of ether oxygens (including phenoxy) is 1. The van der Waals surface area contributed by atoms with Crippen molar-refractivity contribution < 1.29 is 4.74 Å². The molecule has 0 radical (unpaired) electrons. The molecule has 0 bridgehead atoms. The summed E-state index contributed by atoms with van der Waals surface area (Å²) in [7, 11) is 4.14. The molecule has 2 rings (SSSR count). The first-order valence-electron chi connectivity index (χ1n) is 6.66. The zero-order chi connectivity index (χ0) is 13.8. The van der Waals surface area contributed by atoms with Gasteiger partial charge in [-0.05, 0) is 39.9 Å². The van der Waals surface area contributed by atoms with Gasteiger partial charge >= 0.3 is 6.01 Å². The molecule has 1 aliphatic rings. The Morgan fingerprint density at radius 1 is 1.32 bits per heavy atom. The minimum Gasteiger partial charge on any atom is -0.464 e. The van der Waals surface area contributed by atoms with Gasteiger partial charge in [-0.15, -0.1) is 0 Å². The average Bonchev–Trinajstić information content (AvgIpc) is 2.38. The SMILES string of the molecule is CCOc1nc(N)nc(N(C)C2CCN(C)CC2)n1. The molecule has 0 atom stereocenters. The molecule has 0 saturated carbocycles. The maximum Gasteiger partial charge on any atom is 0.323 e. The van der Waals surface area contributed by atoms with Gasteiger partial charge in [0.15, 0.2) is 0 Å². The highest BCUT2D eigenvalue weighted by Gasteiger charge is 2.23. The van der Waals surface area contributed by atoms with Gasteiger partial charge in [0.25, 0.3) is 0 Å². The topological polar surface area (TPSA) is 80.4 Å². The van der Waals surface area contributed by atoms with Gasteiger partial charge in [-0.1, -0.05) is 0 Å². The van der Waals surface area contributed by atoms with E-state index in [-0.39, 0.29) is 5.95 Å². The van der Waals surface area contributed by atoms with Crippen molar-refractivity contribution in [2.24, 2.45) is 0 Å². The summed E-state index contributed by atoms with van der Waals surface area (Å²) in [6.45, 7) is 4.59. The molecule has 1 aromatic heterocycles. The number of hydrogen-bond acceptors (Lipinski definition) is 7. The van der Waals surface area contributed by atoms with Crippen molar-refractivity contribution in [3.63, 3.8) is 0 Å². The third kappa shape index (κ3) is 3.44. The Bertz CT molecular complexity index is 419. The van der Waals surface area contributed by atoms with E-state index in [1.54, 1.807) is 0 Å². The van der Waals surface area contributed by atoms with E-state index < -0.39 is 0 Å². The van der Waals surface area contributed by atoms with Gasteiger partial charge in [-0.2, -0.15) is 15.0 Å². The Hall–Kier alpha value is -1.63. The molecule has 0 aliphatic carbocycles. The highest BCUT2D eigenvalue weighted by Crippen LogP contribution is 2.20. The molecule has 0 amide bonds. The number of nitrogens with two attached hydrogens (primary N) is 1. The standard InChI is InChI=1S/C12H22N6O/c1-4-19-12-15-10(13)14-11(16-12)18(3)9-5-7-17(2)8-6-9/h9H,4-8H2,1-3H3,(H2,13,14,15,16). The van der Waals surface area contributed by atoms with Gasteiger partial charge in [-0.25, -0.2) is 0 Å². The zero-order valence-corrected chi connectivity index (χ0v) is 11.8. The molecule has 0 spiro atoms. The van der Waals surface area contributed by atoms with E-state index in [0.717, 1.165) is 25.9 Å². The van der Waals surface area contributed by atoms with Crippen molar-refractivity contribution in [2.45, 2.75) is 25.8 Å². The Labute approximate surface area is 113 Å². The highest BCUT2D eigenvalue weighted by molar-refractivity contribution is 5.36. The van der Waals surface area contributed by atoms with Crippen molar-refractivity contribution in [3.8, 4) is 6.01 Å². The first-order chi connectivity index (χ1) is 9.10. The number of nitrogen functional groups attached to an aromatic ring is 1. The predicted molar refractivity (Wildman–Crippen MR) is 74.3 cm³/mol. The number of nitrogens with zero attached hydrogens (tertiary/aromatic N) is 5. The maximum absolute atomic E-state index is 5.70. The summed E-state index contributed by atoms with van der Waals surface area (Å²) in [6.07, 6.45) is 2.20. The van der Waals surface area contributed by atoms with Crippen LogP contribution < -0.4 is 15.4 Å². The molecule has 1 saturated heterocycles. The first kappa shape index (κ1) is 13.8. The highest BCUT2D eigenvalue weighted by atomic mass is 16.5. The number of piperidine rings is 1. The van der Waals surface area contributed by atoms with E-state index in [9.17, 15) is 0 Å². The van der Waals surface area contributed by atoms with E-state index in [2.05, 4.69) is 31.8 Å². The molecule has 19 heavy (non-hydrogen) atoms. The summed E-state index contributed by atoms with van der Waals surface area (Å²) in [5.74, 6) is 0.790. The van der Waals surface area contributed by atoms with Crippen molar-refractivity contribution in [1.29, 1.82) is 0 Å². The lowest BCUT2D eigenvalue weighted by Gasteiger charge is -2.35. The van der Waals surface area contributed by atoms with Crippen molar-refractivity contribution in [3.05, 3.63) is 0 Å². The second kappa shape index (κ2) is 6.01. The molecule has 2 N–H and O–H groups in total. The Morgan fingerprint density at radius 2 is 2.00 bits per heavy atom. The number of anilines is 2. The molecule has 0 unspecified atom stereocenters. The molecular weight excluding hydrogens is 244 g/mol. The smallest absolute Gasteiger partial charge is 0.323 e. The fraction of sp³-hybridized carbons (Fsp3) is 0.750. The van der Waals surface area contributed by atoms with Crippen LogP contribution in [0.1, 0.15) is 19.8 Å². The molecule has 1 aromatic rings. The van der Waals surface area contributed by atoms with E-state index in [4.69, 9.17) is 10.5 Å². The third-order valence-corrected chi connectivity index (χ3v) is 3.45. The summed E-state index contributed by atoms with van der Waals surface area (Å²) in [5, 5.41) is 0. The predicted octanol–water partition coefficient (Wildman–Crippen LogP) is 0.383. The third-order valence-electron chi connectivity index (χ3n) is 3.45. The molecule has 106 valence electrons. The number of aromatic nitrogens is 3. The van der Waals surface area contributed by atoms with E-state index in [0.29, 0.717) is 24.6 Å². The van der Waals surface area contributed by atoms with Crippen LogP contribution in [0.2, 0.25) is 0 Å². The molecule has 2 heterocycles. The van der Waals surface area contributed by atoms with Crippen LogP contribution in [0, 0.1) is 0 Å². The molecule has 7 heteroatoms. The minimum absolute atomic E-state index is 0.202. The van der Waals surface area contributed by atoms with Gasteiger partial charge in [0.2, 0.25) is 11.9 Å². The van der Waals surface area contributed by atoms with E-state index >= 15 is 0 Å². The summed E-state index contributed by atoms with van der Waals surface area (Å²) in [4.78, 5) is 16.9. The number of hydrogen-bond donors (Lipinski definition) is 1. The van der Waals surface area contributed by atoms with Gasteiger partial charge in [-0.3, -0.25) is 0 Å². The molecule has 1 aliphatic heterocycles. The fourth-order valence-corrected chi connectivity index (χ4v) is 2.26. The van der Waals surface area contributed by atoms with Crippen molar-refractivity contribution >= 4 is 11.9 Å². The van der Waals surface area contributed by atoms with Crippen LogP contribution in [-0.2, 0) is 0 Å². The summed E-state index contributed by atoms with van der Waals surface area (Å²) in [6, 6.07) is 0.734. The Morgan fingerprint density at radius 3 is 2.63 bits per heavy atom. The van der Waals surface area contributed by atoms with Crippen LogP contribution in [0.25, 0.3) is 0 Å². The lowest BCUT2D eigenvalue weighted by atomic mass is 10.0. The Kier molecular flexibility index (Phi) is 4.36. The van der Waals surface area contributed by atoms with Crippen LogP contribution in [0.4, 0.5) is 11.9 Å². The lowest BCUT2D eigenvalue weighted by molar-refractivity contribution is 0.251. The molecule has 1 fully saturated rings. The normalized spacial score (nSPS) is 17.4. The van der Waals surface area contributed by atoms with Crippen LogP contribution in [-0.4, -0.2) is 59.7 Å². The van der Waals surface area contributed by atoms with Crippen molar-refractivity contribution in [2.75, 3.05) is 44.4 Å². The van der Waals surface area contributed by atoms with Crippen molar-refractivity contribution in [1.82, 2.24) is 19.9 Å². The van der Waals surface area contributed by atoms with E-state index in [1.165, 1.54) is 0 Å². The van der Waals surface area contributed by atoms with Crippen LogP contribution >= 0.6 is 0 Å². The second-order valence-electron chi connectivity index (χ2n) is 4.85. The van der Waals surface area contributed by atoms with Crippen LogP contribution in [0.3, 0.4) is 0 Å². The minimum atomic E-state index is 0.202. The monoisotopic (exact) mass is 266 g/mol. The lowest BCUT2D eigenvalue weighted by Crippen LogP contribution is -2.42. The van der Waals surface area contributed by atoms with Gasteiger partial charge < -0.3 is 20.3 Å². The van der Waals surface area contributed by atoms with Gasteiger partial charge in [0, 0.05) is 13.1 Å². The summed E-state index contributed by atoms with van der Waals surface area (Å²) in [5.41, 5.74) is 5.70. The van der Waals surface area contributed by atoms with Crippen LogP contribution in [0.5, 0.6) is 6.01 Å². The number of likely N-dealkylation sites (tertiary alicyclic amines) is 1. The summed E-state index contributed by atoms with van der Waals surface area (Å²) >= 11 is 0. The maximum atomic E-state index is 5.70. The summed E-state index contributed by atoms with van der Waals surface area (Å²) < 4.78 is 5.30.